The minimum atomic E-state index is -1.59. The standard InChI is InChI=1S/C25H23F3N6O2/c26-18-7-17(8-19(27)24(18)28)31-25(36)33-12-22-20(10-30-34(22)13-21(33)14-3-4-14)32-11-16(6-23(32)35)15-2-1-5-29-9-15/h1-2,5,7-10,14,16,21H,3-4,6,11-13H2,(H,31,36). The number of pyridine rings is 1. The highest BCUT2D eigenvalue weighted by molar-refractivity contribution is 5.97. The maximum Gasteiger partial charge on any atom is 0.322 e. The van der Waals surface area contributed by atoms with Crippen molar-refractivity contribution in [2.45, 2.75) is 44.3 Å². The van der Waals surface area contributed by atoms with Gasteiger partial charge < -0.3 is 15.1 Å². The van der Waals surface area contributed by atoms with Gasteiger partial charge in [-0.1, -0.05) is 6.07 Å². The van der Waals surface area contributed by atoms with Gasteiger partial charge in [-0.3, -0.25) is 14.5 Å². The highest BCUT2D eigenvalue weighted by Crippen LogP contribution is 2.41. The zero-order chi connectivity index (χ0) is 25.0. The number of carbonyl (C=O) groups is 2. The molecule has 2 aliphatic heterocycles. The molecule has 2 fully saturated rings. The molecule has 6 rings (SSSR count). The summed E-state index contributed by atoms with van der Waals surface area (Å²) in [6.07, 6.45) is 7.41. The molecule has 2 aromatic heterocycles. The highest BCUT2D eigenvalue weighted by atomic mass is 19.2. The van der Waals surface area contributed by atoms with Gasteiger partial charge in [0.15, 0.2) is 17.5 Å². The second-order valence-corrected chi connectivity index (χ2v) is 9.57. The van der Waals surface area contributed by atoms with Crippen molar-refractivity contribution in [2.24, 2.45) is 5.92 Å². The number of urea groups is 1. The Morgan fingerprint density at radius 1 is 1.08 bits per heavy atom. The molecule has 1 saturated heterocycles. The number of nitrogens with zero attached hydrogens (tertiary/aromatic N) is 5. The molecular formula is C25H23F3N6O2. The summed E-state index contributed by atoms with van der Waals surface area (Å²) in [6, 6.07) is 4.61. The van der Waals surface area contributed by atoms with Gasteiger partial charge in [0, 0.05) is 49.1 Å². The number of hydrogen-bond acceptors (Lipinski definition) is 4. The molecule has 4 heterocycles. The Kier molecular flexibility index (Phi) is 5.42. The van der Waals surface area contributed by atoms with E-state index in [9.17, 15) is 22.8 Å². The number of aromatic nitrogens is 3. The maximum atomic E-state index is 13.7. The van der Waals surface area contributed by atoms with Crippen LogP contribution in [0, 0.1) is 23.4 Å². The summed E-state index contributed by atoms with van der Waals surface area (Å²) in [6.45, 7) is 1.11. The number of nitrogens with one attached hydrogen (secondary N) is 1. The van der Waals surface area contributed by atoms with E-state index in [0.29, 0.717) is 31.1 Å². The lowest BCUT2D eigenvalue weighted by Crippen LogP contribution is -2.49. The Hall–Kier alpha value is -3.89. The summed E-state index contributed by atoms with van der Waals surface area (Å²) < 4.78 is 42.6. The zero-order valence-electron chi connectivity index (χ0n) is 19.2. The fraction of sp³-hybridized carbons (Fsp3) is 0.360. The maximum absolute atomic E-state index is 13.7. The van der Waals surface area contributed by atoms with Gasteiger partial charge in [-0.15, -0.1) is 0 Å². The van der Waals surface area contributed by atoms with E-state index in [1.54, 1.807) is 28.4 Å². The number of halogens is 3. The first-order valence-corrected chi connectivity index (χ1v) is 11.9. The van der Waals surface area contributed by atoms with Crippen molar-refractivity contribution in [1.29, 1.82) is 0 Å². The fourth-order valence-corrected chi connectivity index (χ4v) is 5.21. The van der Waals surface area contributed by atoms with Crippen molar-refractivity contribution >= 4 is 23.3 Å². The molecule has 0 radical (unpaired) electrons. The van der Waals surface area contributed by atoms with Gasteiger partial charge in [0.25, 0.3) is 0 Å². The van der Waals surface area contributed by atoms with Crippen molar-refractivity contribution in [1.82, 2.24) is 19.7 Å². The molecule has 36 heavy (non-hydrogen) atoms. The first-order valence-electron chi connectivity index (χ1n) is 11.9. The van der Waals surface area contributed by atoms with Gasteiger partial charge in [0.2, 0.25) is 5.91 Å². The molecule has 8 nitrogen and oxygen atoms in total. The largest absolute Gasteiger partial charge is 0.322 e. The summed E-state index contributed by atoms with van der Waals surface area (Å²) >= 11 is 0. The normalized spacial score (nSPS) is 21.6. The van der Waals surface area contributed by atoms with Crippen LogP contribution < -0.4 is 10.2 Å². The number of rotatable bonds is 4. The number of anilines is 2. The van der Waals surface area contributed by atoms with Crippen LogP contribution >= 0.6 is 0 Å². The zero-order valence-corrected chi connectivity index (χ0v) is 19.2. The van der Waals surface area contributed by atoms with Gasteiger partial charge in [-0.25, -0.2) is 18.0 Å². The van der Waals surface area contributed by atoms with Gasteiger partial charge in [-0.2, -0.15) is 5.10 Å². The number of carbonyl (C=O) groups excluding carboxylic acids is 2. The Balaban J connectivity index is 1.26. The number of benzene rings is 1. The molecular weight excluding hydrogens is 473 g/mol. The van der Waals surface area contributed by atoms with E-state index < -0.39 is 23.5 Å². The third kappa shape index (κ3) is 3.98. The Morgan fingerprint density at radius 3 is 2.56 bits per heavy atom. The molecule has 3 amide bonds. The van der Waals surface area contributed by atoms with Crippen molar-refractivity contribution in [3.05, 3.63) is 71.6 Å². The molecule has 3 aromatic rings. The summed E-state index contributed by atoms with van der Waals surface area (Å²) in [5.74, 6) is -4.07. The average molecular weight is 496 g/mol. The van der Waals surface area contributed by atoms with Crippen molar-refractivity contribution in [3.8, 4) is 0 Å². The molecule has 1 aliphatic carbocycles. The topological polar surface area (TPSA) is 83.4 Å². The predicted molar refractivity (Wildman–Crippen MR) is 124 cm³/mol. The van der Waals surface area contributed by atoms with E-state index in [2.05, 4.69) is 15.4 Å². The van der Waals surface area contributed by atoms with E-state index in [-0.39, 0.29) is 30.1 Å². The summed E-state index contributed by atoms with van der Waals surface area (Å²) in [5.41, 5.74) is 2.19. The number of amides is 3. The van der Waals surface area contributed by atoms with Crippen LogP contribution in [0.2, 0.25) is 0 Å². The van der Waals surface area contributed by atoms with Crippen LogP contribution in [-0.2, 0) is 17.9 Å². The van der Waals surface area contributed by atoms with E-state index in [0.717, 1.165) is 36.2 Å². The average Bonchev–Trinajstić information content (AvgIpc) is 3.53. The quantitative estimate of drug-likeness (QED) is 0.553. The molecule has 2 unspecified atom stereocenters. The lowest BCUT2D eigenvalue weighted by molar-refractivity contribution is -0.117. The van der Waals surface area contributed by atoms with Crippen LogP contribution in [0.4, 0.5) is 29.3 Å². The van der Waals surface area contributed by atoms with E-state index in [1.165, 1.54) is 0 Å². The van der Waals surface area contributed by atoms with Crippen LogP contribution in [0.15, 0.2) is 42.9 Å². The fourth-order valence-electron chi connectivity index (χ4n) is 5.21. The van der Waals surface area contributed by atoms with Crippen LogP contribution in [-0.4, -0.2) is 44.2 Å². The summed E-state index contributed by atoms with van der Waals surface area (Å²) in [7, 11) is 0. The SMILES string of the molecule is O=C1CC(c2cccnc2)CN1c1cnn2c1CN(C(=O)Nc1cc(F)c(F)c(F)c1)C(C1CC1)C2. The molecule has 0 bridgehead atoms. The Labute approximate surface area is 204 Å². The highest BCUT2D eigenvalue weighted by Gasteiger charge is 2.43. The minimum Gasteiger partial charge on any atom is -0.313 e. The monoisotopic (exact) mass is 496 g/mol. The van der Waals surface area contributed by atoms with E-state index in [4.69, 9.17) is 0 Å². The van der Waals surface area contributed by atoms with Crippen molar-refractivity contribution in [2.75, 3.05) is 16.8 Å². The van der Waals surface area contributed by atoms with Crippen molar-refractivity contribution in [3.63, 3.8) is 0 Å². The lowest BCUT2D eigenvalue weighted by Gasteiger charge is -2.37. The number of fused-ring (bicyclic) bond motifs is 1. The van der Waals surface area contributed by atoms with Crippen LogP contribution in [0.1, 0.15) is 36.4 Å². The molecule has 186 valence electrons. The van der Waals surface area contributed by atoms with Crippen LogP contribution in [0.3, 0.4) is 0 Å². The van der Waals surface area contributed by atoms with Gasteiger partial charge >= 0.3 is 6.03 Å². The molecule has 0 spiro atoms. The Bertz CT molecular complexity index is 1320. The molecule has 3 aliphatic rings. The molecule has 1 saturated carbocycles. The molecule has 1 N–H and O–H groups in total. The lowest BCUT2D eigenvalue weighted by atomic mass is 10.0. The van der Waals surface area contributed by atoms with Crippen molar-refractivity contribution < 1.29 is 22.8 Å². The Morgan fingerprint density at radius 2 is 1.86 bits per heavy atom. The third-order valence-corrected chi connectivity index (χ3v) is 7.24. The van der Waals surface area contributed by atoms with Gasteiger partial charge in [0.1, 0.15) is 0 Å². The first-order chi connectivity index (χ1) is 17.4. The minimum absolute atomic E-state index is 0.00669. The first kappa shape index (κ1) is 22.6. The predicted octanol–water partition coefficient (Wildman–Crippen LogP) is 4.04. The van der Waals surface area contributed by atoms with E-state index in [1.807, 2.05) is 16.8 Å². The third-order valence-electron chi connectivity index (χ3n) is 7.24. The van der Waals surface area contributed by atoms with Gasteiger partial charge in [-0.05, 0) is 30.4 Å². The second kappa shape index (κ2) is 8.65. The van der Waals surface area contributed by atoms with Crippen LogP contribution in [0.25, 0.3) is 0 Å². The van der Waals surface area contributed by atoms with Crippen LogP contribution in [0.5, 0.6) is 0 Å². The molecule has 11 heteroatoms. The number of hydrogen-bond donors (Lipinski definition) is 1. The molecule has 2 atom stereocenters. The second-order valence-electron chi connectivity index (χ2n) is 9.57. The summed E-state index contributed by atoms with van der Waals surface area (Å²) in [4.78, 5) is 33.7. The van der Waals surface area contributed by atoms with Gasteiger partial charge in [0.05, 0.1) is 36.7 Å². The van der Waals surface area contributed by atoms with E-state index >= 15 is 0 Å². The molecule has 1 aromatic carbocycles. The smallest absolute Gasteiger partial charge is 0.313 e. The summed E-state index contributed by atoms with van der Waals surface area (Å²) in [5, 5.41) is 7.02.